The summed E-state index contributed by atoms with van der Waals surface area (Å²) in [7, 11) is 3.03. The molecule has 0 aliphatic rings. The van der Waals surface area contributed by atoms with E-state index in [0.29, 0.717) is 0 Å². The molecule has 0 aliphatic heterocycles. The third-order valence-electron chi connectivity index (χ3n) is 4.20. The number of rotatable bonds is 13. The van der Waals surface area contributed by atoms with Crippen LogP contribution in [-0.4, -0.2) is 45.6 Å². The van der Waals surface area contributed by atoms with E-state index in [1.165, 1.54) is 12.8 Å². The van der Waals surface area contributed by atoms with Gasteiger partial charge in [-0.3, -0.25) is 0 Å². The second-order valence-corrected chi connectivity index (χ2v) is 12.6. The van der Waals surface area contributed by atoms with Crippen molar-refractivity contribution in [3.05, 3.63) is 0 Å². The second kappa shape index (κ2) is 10.9. The van der Waals surface area contributed by atoms with Gasteiger partial charge >= 0.3 is 17.1 Å². The first kappa shape index (κ1) is 20.3. The Morgan fingerprint density at radius 1 is 0.550 bits per heavy atom. The molecule has 0 saturated heterocycles. The molecule has 6 heteroatoms. The van der Waals surface area contributed by atoms with Gasteiger partial charge in [0.1, 0.15) is 0 Å². The highest BCUT2D eigenvalue weighted by atomic mass is 28.4. The van der Waals surface area contributed by atoms with E-state index >= 15 is 0 Å². The van der Waals surface area contributed by atoms with E-state index in [4.69, 9.17) is 17.7 Å². The summed E-state index contributed by atoms with van der Waals surface area (Å²) >= 11 is 0. The maximum absolute atomic E-state index is 5.81. The van der Waals surface area contributed by atoms with Crippen molar-refractivity contribution in [1.29, 1.82) is 0 Å². The fourth-order valence-electron chi connectivity index (χ4n) is 2.51. The molecule has 0 aromatic rings. The average molecular weight is 323 g/mol. The summed E-state index contributed by atoms with van der Waals surface area (Å²) in [6.07, 6.45) is 4.68. The second-order valence-electron chi connectivity index (χ2n) is 5.34. The molecule has 0 bridgehead atoms. The molecule has 0 aromatic heterocycles. The first-order chi connectivity index (χ1) is 9.57. The van der Waals surface area contributed by atoms with E-state index in [-0.39, 0.29) is 0 Å². The van der Waals surface area contributed by atoms with Crippen LogP contribution in [0.3, 0.4) is 0 Å². The Morgan fingerprint density at radius 2 is 0.850 bits per heavy atom. The monoisotopic (exact) mass is 322 g/mol. The molecular weight excluding hydrogens is 288 g/mol. The van der Waals surface area contributed by atoms with Gasteiger partial charge in [0.05, 0.1) is 0 Å². The lowest BCUT2D eigenvalue weighted by Crippen LogP contribution is -2.46. The first-order valence-corrected chi connectivity index (χ1v) is 12.2. The van der Waals surface area contributed by atoms with Crippen molar-refractivity contribution in [3.8, 4) is 0 Å². The van der Waals surface area contributed by atoms with Crippen molar-refractivity contribution in [2.24, 2.45) is 0 Å². The molecule has 0 unspecified atom stereocenters. The first-order valence-electron chi connectivity index (χ1n) is 7.78. The van der Waals surface area contributed by atoms with E-state index in [2.05, 4.69) is 13.8 Å². The zero-order chi connectivity index (χ0) is 15.5. The predicted molar refractivity (Wildman–Crippen MR) is 88.6 cm³/mol. The minimum atomic E-state index is -2.07. The number of hydrogen-bond donors (Lipinski definition) is 0. The fraction of sp³-hybridized carbons (Fsp3) is 1.00. The lowest BCUT2D eigenvalue weighted by Gasteiger charge is -2.33. The van der Waals surface area contributed by atoms with Crippen LogP contribution in [0.15, 0.2) is 0 Å². The van der Waals surface area contributed by atoms with E-state index in [1.807, 2.05) is 0 Å². The van der Waals surface area contributed by atoms with Crippen LogP contribution in [0.4, 0.5) is 0 Å². The Bertz CT molecular complexity index is 207. The Kier molecular flexibility index (Phi) is 11.1. The minimum Gasteiger partial charge on any atom is -0.398 e. The van der Waals surface area contributed by atoms with Gasteiger partial charge < -0.3 is 17.7 Å². The van der Waals surface area contributed by atoms with Gasteiger partial charge in [-0.15, -0.1) is 0 Å². The van der Waals surface area contributed by atoms with Crippen LogP contribution in [0, 0.1) is 0 Å². The zero-order valence-electron chi connectivity index (χ0n) is 14.3. The maximum atomic E-state index is 5.81. The van der Waals surface area contributed by atoms with Crippen LogP contribution in [0.5, 0.6) is 0 Å². The fourth-order valence-corrected chi connectivity index (χ4v) is 9.80. The summed E-state index contributed by atoms with van der Waals surface area (Å²) in [6, 6.07) is 4.06. The molecule has 0 aliphatic carbocycles. The summed E-state index contributed by atoms with van der Waals surface area (Å²) in [5.41, 5.74) is 0. The summed E-state index contributed by atoms with van der Waals surface area (Å²) in [5, 5.41) is 0. The van der Waals surface area contributed by atoms with Gasteiger partial charge in [-0.25, -0.2) is 0 Å². The molecule has 0 aromatic carbocycles. The van der Waals surface area contributed by atoms with E-state index in [1.54, 1.807) is 28.4 Å². The topological polar surface area (TPSA) is 36.9 Å². The third-order valence-corrected chi connectivity index (χ3v) is 11.9. The van der Waals surface area contributed by atoms with Gasteiger partial charge in [0, 0.05) is 28.4 Å². The molecule has 0 amide bonds. The van der Waals surface area contributed by atoms with Gasteiger partial charge in [-0.2, -0.15) is 0 Å². The van der Waals surface area contributed by atoms with Crippen LogP contribution >= 0.6 is 0 Å². The molecule has 0 heterocycles. The molecular formula is C14H34O4Si2. The Morgan fingerprint density at radius 3 is 1.05 bits per heavy atom. The van der Waals surface area contributed by atoms with Crippen molar-refractivity contribution in [2.45, 2.75) is 63.7 Å². The summed E-state index contributed by atoms with van der Waals surface area (Å²) in [5.74, 6) is 0. The summed E-state index contributed by atoms with van der Waals surface area (Å²) in [4.78, 5) is 0. The molecule has 0 saturated carbocycles. The van der Waals surface area contributed by atoms with Crippen LogP contribution in [0.1, 0.15) is 39.5 Å². The minimum absolute atomic E-state index is 0.970. The Hall–Kier alpha value is 0.274. The quantitative estimate of drug-likeness (QED) is 0.479. The number of unbranched alkanes of at least 4 members (excludes halogenated alkanes) is 2. The molecule has 0 rings (SSSR count). The van der Waals surface area contributed by atoms with E-state index in [9.17, 15) is 0 Å². The van der Waals surface area contributed by atoms with E-state index in [0.717, 1.165) is 37.0 Å². The van der Waals surface area contributed by atoms with Crippen molar-refractivity contribution >= 4 is 17.1 Å². The summed E-state index contributed by atoms with van der Waals surface area (Å²) in [6.45, 7) is 4.41. The normalized spacial score (nSPS) is 12.9. The van der Waals surface area contributed by atoms with Crippen LogP contribution in [0.2, 0.25) is 24.2 Å². The van der Waals surface area contributed by atoms with Crippen LogP contribution in [0.25, 0.3) is 0 Å². The van der Waals surface area contributed by atoms with Gasteiger partial charge in [0.25, 0.3) is 0 Å². The lowest BCUT2D eigenvalue weighted by molar-refractivity contribution is 0.227. The highest BCUT2D eigenvalue weighted by Crippen LogP contribution is 2.30. The molecule has 20 heavy (non-hydrogen) atoms. The molecule has 0 fully saturated rings. The summed E-state index contributed by atoms with van der Waals surface area (Å²) < 4.78 is 23.2. The molecule has 122 valence electrons. The molecule has 4 nitrogen and oxygen atoms in total. The van der Waals surface area contributed by atoms with E-state index < -0.39 is 17.1 Å². The highest BCUT2D eigenvalue weighted by molar-refractivity contribution is 6.73. The van der Waals surface area contributed by atoms with Gasteiger partial charge in [0.2, 0.25) is 0 Å². The van der Waals surface area contributed by atoms with Gasteiger partial charge in [-0.05, 0) is 24.2 Å². The molecule has 0 atom stereocenters. The van der Waals surface area contributed by atoms with Crippen molar-refractivity contribution in [1.82, 2.24) is 0 Å². The molecule has 0 N–H and O–H groups in total. The SMILES string of the molecule is CCCC[Si](CC[Si](CCCC)(OC)OC)(OC)OC. The largest absolute Gasteiger partial charge is 0.398 e. The molecule has 0 spiro atoms. The number of hydrogen-bond acceptors (Lipinski definition) is 4. The van der Waals surface area contributed by atoms with Crippen molar-refractivity contribution in [2.75, 3.05) is 28.4 Å². The van der Waals surface area contributed by atoms with Crippen LogP contribution in [-0.2, 0) is 17.7 Å². The lowest BCUT2D eigenvalue weighted by atomic mass is 10.4. The maximum Gasteiger partial charge on any atom is 0.337 e. The standard InChI is InChI=1S/C14H34O4Si2/c1-7-9-11-19(15-3,16-4)13-14-20(17-5,18-6)12-10-8-2/h7-14H2,1-6H3. The van der Waals surface area contributed by atoms with Crippen LogP contribution < -0.4 is 0 Å². The highest BCUT2D eigenvalue weighted by Gasteiger charge is 2.42. The third kappa shape index (κ3) is 6.36. The zero-order valence-corrected chi connectivity index (χ0v) is 16.3. The van der Waals surface area contributed by atoms with Gasteiger partial charge in [-0.1, -0.05) is 39.5 Å². The van der Waals surface area contributed by atoms with Crippen molar-refractivity contribution in [3.63, 3.8) is 0 Å². The van der Waals surface area contributed by atoms with Crippen molar-refractivity contribution < 1.29 is 17.7 Å². The smallest absolute Gasteiger partial charge is 0.337 e. The molecule has 0 radical (unpaired) electrons. The average Bonchev–Trinajstić information content (AvgIpc) is 2.51. The van der Waals surface area contributed by atoms with Gasteiger partial charge in [0.15, 0.2) is 0 Å². The predicted octanol–water partition coefficient (Wildman–Crippen LogP) is 4.06. The Balaban J connectivity index is 4.68. The Labute approximate surface area is 127 Å².